The van der Waals surface area contributed by atoms with E-state index in [1.807, 2.05) is 0 Å². The van der Waals surface area contributed by atoms with E-state index >= 15 is 0 Å². The topological polar surface area (TPSA) is 94.8 Å². The fourth-order valence-corrected chi connectivity index (χ4v) is 4.30. The van der Waals surface area contributed by atoms with Gasteiger partial charge in [0.15, 0.2) is 0 Å². The Morgan fingerprint density at radius 2 is 2.17 bits per heavy atom. The molecule has 1 aliphatic heterocycles. The lowest BCUT2D eigenvalue weighted by Crippen LogP contribution is -2.42. The smallest absolute Gasteiger partial charge is 0.246 e. The second-order valence-corrected chi connectivity index (χ2v) is 7.49. The Hall–Kier alpha value is -1.68. The molecule has 2 aromatic rings. The van der Waals surface area contributed by atoms with E-state index in [4.69, 9.17) is 25.5 Å². The highest BCUT2D eigenvalue weighted by molar-refractivity contribution is 7.89. The molecule has 8 nitrogen and oxygen atoms in total. The van der Waals surface area contributed by atoms with Crippen LogP contribution >= 0.6 is 11.6 Å². The number of methoxy groups -OCH3 is 1. The first kappa shape index (κ1) is 17.2. The molecular weight excluding hydrogens is 358 g/mol. The molecule has 10 heteroatoms. The van der Waals surface area contributed by atoms with Crippen LogP contribution in [0.4, 0.5) is 0 Å². The number of halogens is 1. The van der Waals surface area contributed by atoms with Crippen molar-refractivity contribution in [3.63, 3.8) is 0 Å². The Bertz CT molecular complexity index is 839. The maximum Gasteiger partial charge on any atom is 0.246 e. The Kier molecular flexibility index (Phi) is 4.77. The standard InChI is InChI=1S/C14H16ClN3O5S/c1-9-16-17-14(23-9)12-8-18(5-6-22-12)24(19,20)13-7-10(21-2)3-4-11(13)15/h3-4,7,12H,5-6,8H2,1-2H3/t12-/m1/s1. The Balaban J connectivity index is 1.89. The third kappa shape index (κ3) is 3.25. The van der Waals surface area contributed by atoms with Gasteiger partial charge >= 0.3 is 0 Å². The van der Waals surface area contributed by atoms with E-state index in [2.05, 4.69) is 10.2 Å². The molecular formula is C14H16ClN3O5S. The number of benzene rings is 1. The molecule has 1 aliphatic rings. The van der Waals surface area contributed by atoms with Gasteiger partial charge in [-0.25, -0.2) is 8.42 Å². The maximum absolute atomic E-state index is 12.9. The minimum Gasteiger partial charge on any atom is -0.497 e. The van der Waals surface area contributed by atoms with Crippen LogP contribution in [-0.4, -0.2) is 49.7 Å². The lowest BCUT2D eigenvalue weighted by molar-refractivity contribution is -0.0176. The zero-order valence-electron chi connectivity index (χ0n) is 13.1. The van der Waals surface area contributed by atoms with Crippen LogP contribution in [0.2, 0.25) is 5.02 Å². The van der Waals surface area contributed by atoms with Crippen molar-refractivity contribution < 1.29 is 22.3 Å². The van der Waals surface area contributed by atoms with Crippen molar-refractivity contribution >= 4 is 21.6 Å². The third-order valence-electron chi connectivity index (χ3n) is 3.60. The van der Waals surface area contributed by atoms with Gasteiger partial charge in [0.05, 0.1) is 18.7 Å². The predicted octanol–water partition coefficient (Wildman–Crippen LogP) is 1.80. The fraction of sp³-hybridized carbons (Fsp3) is 0.429. The Morgan fingerprint density at radius 1 is 1.38 bits per heavy atom. The van der Waals surface area contributed by atoms with Crippen molar-refractivity contribution in [3.8, 4) is 5.75 Å². The average Bonchev–Trinajstić information content (AvgIpc) is 3.02. The highest BCUT2D eigenvalue weighted by Gasteiger charge is 2.35. The molecule has 0 radical (unpaired) electrons. The van der Waals surface area contributed by atoms with Gasteiger partial charge in [-0.2, -0.15) is 4.31 Å². The predicted molar refractivity (Wildman–Crippen MR) is 84.5 cm³/mol. The minimum atomic E-state index is -3.81. The summed E-state index contributed by atoms with van der Waals surface area (Å²) in [5.41, 5.74) is 0. The first-order chi connectivity index (χ1) is 11.4. The minimum absolute atomic E-state index is 0.00845. The van der Waals surface area contributed by atoms with E-state index in [0.717, 1.165) is 0 Å². The van der Waals surface area contributed by atoms with Gasteiger partial charge in [-0.05, 0) is 12.1 Å². The summed E-state index contributed by atoms with van der Waals surface area (Å²) < 4.78 is 43.1. The molecule has 0 bridgehead atoms. The molecule has 1 aromatic heterocycles. The van der Waals surface area contributed by atoms with Crippen LogP contribution in [0.1, 0.15) is 17.9 Å². The summed E-state index contributed by atoms with van der Waals surface area (Å²) in [5, 5.41) is 7.77. The third-order valence-corrected chi connectivity index (χ3v) is 5.95. The van der Waals surface area contributed by atoms with Gasteiger partial charge in [-0.1, -0.05) is 11.6 Å². The second kappa shape index (κ2) is 6.67. The number of rotatable bonds is 4. The van der Waals surface area contributed by atoms with Crippen molar-refractivity contribution in [1.29, 1.82) is 0 Å². The number of sulfonamides is 1. The van der Waals surface area contributed by atoms with Gasteiger partial charge in [0.1, 0.15) is 16.7 Å². The molecule has 1 saturated heterocycles. The Labute approximate surface area is 144 Å². The number of aromatic nitrogens is 2. The molecule has 0 saturated carbocycles. The summed E-state index contributed by atoms with van der Waals surface area (Å²) in [5.74, 6) is 1.06. The van der Waals surface area contributed by atoms with Crippen molar-refractivity contribution in [1.82, 2.24) is 14.5 Å². The molecule has 1 fully saturated rings. The Morgan fingerprint density at radius 3 is 2.83 bits per heavy atom. The van der Waals surface area contributed by atoms with Crippen LogP contribution in [0, 0.1) is 6.92 Å². The molecule has 3 rings (SSSR count). The lowest BCUT2D eigenvalue weighted by atomic mass is 10.3. The summed E-state index contributed by atoms with van der Waals surface area (Å²) in [4.78, 5) is -0.00845. The zero-order chi connectivity index (χ0) is 17.3. The van der Waals surface area contributed by atoms with Gasteiger partial charge in [-0.15, -0.1) is 10.2 Å². The molecule has 2 heterocycles. The van der Waals surface area contributed by atoms with Crippen LogP contribution in [0.15, 0.2) is 27.5 Å². The molecule has 24 heavy (non-hydrogen) atoms. The number of morpholine rings is 1. The number of nitrogens with zero attached hydrogens (tertiary/aromatic N) is 3. The van der Waals surface area contributed by atoms with Crippen molar-refractivity contribution in [2.24, 2.45) is 0 Å². The van der Waals surface area contributed by atoms with Crippen LogP contribution in [0.3, 0.4) is 0 Å². The van der Waals surface area contributed by atoms with E-state index in [0.29, 0.717) is 11.6 Å². The fourth-order valence-electron chi connectivity index (χ4n) is 2.38. The molecule has 1 atom stereocenters. The van der Waals surface area contributed by atoms with Gasteiger partial charge in [0, 0.05) is 26.1 Å². The quantitative estimate of drug-likeness (QED) is 0.806. The van der Waals surface area contributed by atoms with E-state index in [1.54, 1.807) is 13.0 Å². The second-order valence-electron chi connectivity index (χ2n) is 5.18. The molecule has 1 aromatic carbocycles. The molecule has 0 N–H and O–H groups in total. The summed E-state index contributed by atoms with van der Waals surface area (Å²) in [6.45, 7) is 2.15. The number of ether oxygens (including phenoxy) is 2. The van der Waals surface area contributed by atoms with Crippen LogP contribution < -0.4 is 4.74 Å². The van der Waals surface area contributed by atoms with E-state index in [9.17, 15) is 8.42 Å². The SMILES string of the molecule is COc1ccc(Cl)c(S(=O)(=O)N2CCO[C@@H](c3nnc(C)o3)C2)c1. The first-order valence-electron chi connectivity index (χ1n) is 7.17. The van der Waals surface area contributed by atoms with Gasteiger partial charge < -0.3 is 13.9 Å². The van der Waals surface area contributed by atoms with Crippen LogP contribution in [-0.2, 0) is 14.8 Å². The normalized spacial score (nSPS) is 19.4. The average molecular weight is 374 g/mol. The molecule has 0 aliphatic carbocycles. The number of hydrogen-bond donors (Lipinski definition) is 0. The molecule has 0 amide bonds. The van der Waals surface area contributed by atoms with Crippen LogP contribution in [0.5, 0.6) is 5.75 Å². The molecule has 0 spiro atoms. The molecule has 0 unspecified atom stereocenters. The van der Waals surface area contributed by atoms with Crippen molar-refractivity contribution in [2.75, 3.05) is 26.8 Å². The molecule has 130 valence electrons. The van der Waals surface area contributed by atoms with Gasteiger partial charge in [0.25, 0.3) is 0 Å². The highest BCUT2D eigenvalue weighted by atomic mass is 35.5. The largest absolute Gasteiger partial charge is 0.497 e. The maximum atomic E-state index is 12.9. The van der Waals surface area contributed by atoms with E-state index in [1.165, 1.54) is 23.5 Å². The summed E-state index contributed by atoms with van der Waals surface area (Å²) in [6.07, 6.45) is -0.612. The van der Waals surface area contributed by atoms with Gasteiger partial charge in [-0.3, -0.25) is 0 Å². The summed E-state index contributed by atoms with van der Waals surface area (Å²) >= 11 is 6.08. The van der Waals surface area contributed by atoms with Crippen molar-refractivity contribution in [3.05, 3.63) is 35.0 Å². The van der Waals surface area contributed by atoms with Gasteiger partial charge in [0.2, 0.25) is 21.8 Å². The zero-order valence-corrected chi connectivity index (χ0v) is 14.7. The monoisotopic (exact) mass is 373 g/mol. The first-order valence-corrected chi connectivity index (χ1v) is 8.99. The number of aryl methyl sites for hydroxylation is 1. The number of hydrogen-bond acceptors (Lipinski definition) is 7. The van der Waals surface area contributed by atoms with Crippen molar-refractivity contribution in [2.45, 2.75) is 17.9 Å². The lowest BCUT2D eigenvalue weighted by Gasteiger charge is -2.30. The van der Waals surface area contributed by atoms with E-state index < -0.39 is 16.1 Å². The highest BCUT2D eigenvalue weighted by Crippen LogP contribution is 2.31. The van der Waals surface area contributed by atoms with E-state index in [-0.39, 0.29) is 35.5 Å². The summed E-state index contributed by atoms with van der Waals surface area (Å²) in [7, 11) is -2.35. The summed E-state index contributed by atoms with van der Waals surface area (Å²) in [6, 6.07) is 4.50. The van der Waals surface area contributed by atoms with Crippen LogP contribution in [0.25, 0.3) is 0 Å².